The standard InChI is InChI=1S/C20H17ClFNO3/c21-16-2-1-3-17(22)18(16)14-9-15(14)19(24)23-7-6-11-4-5-12(20(25)26)8-13(11)10-23/h1-5,8,14-15H,6-7,9-10H2,(H,25,26). The number of hydrogen-bond acceptors (Lipinski definition) is 2. The maximum absolute atomic E-state index is 14.1. The zero-order valence-corrected chi connectivity index (χ0v) is 14.7. The lowest BCUT2D eigenvalue weighted by molar-refractivity contribution is -0.133. The first-order valence-electron chi connectivity index (χ1n) is 8.53. The van der Waals surface area contributed by atoms with Crippen LogP contribution in [0.3, 0.4) is 0 Å². The number of aromatic carboxylic acids is 1. The van der Waals surface area contributed by atoms with Gasteiger partial charge in [-0.3, -0.25) is 4.79 Å². The Labute approximate surface area is 155 Å². The molecule has 0 aromatic heterocycles. The van der Waals surface area contributed by atoms with Crippen molar-refractivity contribution < 1.29 is 19.1 Å². The highest BCUT2D eigenvalue weighted by atomic mass is 35.5. The molecular weight excluding hydrogens is 357 g/mol. The Morgan fingerprint density at radius 1 is 1.19 bits per heavy atom. The summed E-state index contributed by atoms with van der Waals surface area (Å²) in [6, 6.07) is 9.61. The number of halogens is 2. The number of carboxylic acid groups (broad SMARTS) is 1. The van der Waals surface area contributed by atoms with Crippen LogP contribution < -0.4 is 0 Å². The quantitative estimate of drug-likeness (QED) is 0.888. The number of amides is 1. The monoisotopic (exact) mass is 373 g/mol. The minimum absolute atomic E-state index is 0.0132. The van der Waals surface area contributed by atoms with Crippen LogP contribution in [-0.4, -0.2) is 28.4 Å². The molecule has 26 heavy (non-hydrogen) atoms. The van der Waals surface area contributed by atoms with Crippen LogP contribution in [0.4, 0.5) is 4.39 Å². The molecule has 134 valence electrons. The van der Waals surface area contributed by atoms with E-state index >= 15 is 0 Å². The number of carboxylic acids is 1. The smallest absolute Gasteiger partial charge is 0.335 e. The minimum Gasteiger partial charge on any atom is -0.478 e. The highest BCUT2D eigenvalue weighted by Gasteiger charge is 2.48. The zero-order chi connectivity index (χ0) is 18.4. The number of fused-ring (bicyclic) bond motifs is 1. The van der Waals surface area contributed by atoms with E-state index in [1.807, 2.05) is 6.07 Å². The molecule has 4 nitrogen and oxygen atoms in total. The molecule has 0 spiro atoms. The van der Waals surface area contributed by atoms with Gasteiger partial charge in [0.15, 0.2) is 0 Å². The summed E-state index contributed by atoms with van der Waals surface area (Å²) in [5.41, 5.74) is 2.59. The lowest BCUT2D eigenvalue weighted by Gasteiger charge is -2.29. The SMILES string of the molecule is O=C(O)c1ccc2c(c1)CN(C(=O)C1CC1c1c(F)cccc1Cl)CC2. The van der Waals surface area contributed by atoms with Gasteiger partial charge in [-0.1, -0.05) is 23.7 Å². The molecule has 1 heterocycles. The van der Waals surface area contributed by atoms with Crippen LogP contribution in [0.15, 0.2) is 36.4 Å². The third kappa shape index (κ3) is 2.97. The number of hydrogen-bond donors (Lipinski definition) is 1. The van der Waals surface area contributed by atoms with Crippen LogP contribution in [0, 0.1) is 11.7 Å². The molecule has 6 heteroatoms. The molecule has 2 aromatic rings. The number of carbonyl (C=O) groups is 2. The molecule has 0 saturated heterocycles. The van der Waals surface area contributed by atoms with E-state index in [9.17, 15) is 14.0 Å². The highest BCUT2D eigenvalue weighted by molar-refractivity contribution is 6.31. The van der Waals surface area contributed by atoms with E-state index in [4.69, 9.17) is 16.7 Å². The first kappa shape index (κ1) is 17.0. The molecule has 1 N–H and O–H groups in total. The van der Waals surface area contributed by atoms with Crippen molar-refractivity contribution in [3.05, 3.63) is 69.5 Å². The fourth-order valence-electron chi connectivity index (χ4n) is 3.76. The van der Waals surface area contributed by atoms with Crippen LogP contribution in [0.25, 0.3) is 0 Å². The topological polar surface area (TPSA) is 57.6 Å². The number of nitrogens with zero attached hydrogens (tertiary/aromatic N) is 1. The summed E-state index contributed by atoms with van der Waals surface area (Å²) in [6.07, 6.45) is 1.29. The lowest BCUT2D eigenvalue weighted by Crippen LogP contribution is -2.37. The molecule has 1 aliphatic carbocycles. The first-order valence-corrected chi connectivity index (χ1v) is 8.91. The molecule has 1 saturated carbocycles. The third-order valence-corrected chi connectivity index (χ3v) is 5.58. The van der Waals surface area contributed by atoms with Gasteiger partial charge in [-0.25, -0.2) is 9.18 Å². The van der Waals surface area contributed by atoms with Gasteiger partial charge in [0, 0.05) is 35.5 Å². The Morgan fingerprint density at radius 3 is 2.73 bits per heavy atom. The fourth-order valence-corrected chi connectivity index (χ4v) is 4.07. The molecule has 0 bridgehead atoms. The Bertz CT molecular complexity index is 894. The van der Waals surface area contributed by atoms with E-state index in [2.05, 4.69) is 0 Å². The summed E-state index contributed by atoms with van der Waals surface area (Å²) in [5, 5.41) is 9.51. The van der Waals surface area contributed by atoms with Crippen LogP contribution in [0.1, 0.15) is 39.4 Å². The average molecular weight is 374 g/mol. The summed E-state index contributed by atoms with van der Waals surface area (Å²) in [5.74, 6) is -1.79. The summed E-state index contributed by atoms with van der Waals surface area (Å²) < 4.78 is 14.1. The molecule has 2 aromatic carbocycles. The Kier molecular flexibility index (Phi) is 4.19. The summed E-state index contributed by atoms with van der Waals surface area (Å²) in [4.78, 5) is 25.7. The van der Waals surface area contributed by atoms with E-state index in [0.29, 0.717) is 36.5 Å². The van der Waals surface area contributed by atoms with E-state index in [0.717, 1.165) is 11.1 Å². The molecule has 1 fully saturated rings. The van der Waals surface area contributed by atoms with Crippen LogP contribution >= 0.6 is 11.6 Å². The maximum Gasteiger partial charge on any atom is 0.335 e. The van der Waals surface area contributed by atoms with E-state index < -0.39 is 5.97 Å². The second-order valence-corrected chi connectivity index (χ2v) is 7.29. The van der Waals surface area contributed by atoms with Gasteiger partial charge in [0.05, 0.1) is 5.56 Å². The van der Waals surface area contributed by atoms with Crippen molar-refractivity contribution in [1.82, 2.24) is 4.90 Å². The predicted octanol–water partition coefficient (Wildman–Crippen LogP) is 3.87. The Hall–Kier alpha value is -2.40. The number of carbonyl (C=O) groups excluding carboxylic acids is 1. The summed E-state index contributed by atoms with van der Waals surface area (Å²) in [6.45, 7) is 0.982. The van der Waals surface area contributed by atoms with Gasteiger partial charge in [-0.05, 0) is 48.2 Å². The van der Waals surface area contributed by atoms with E-state index in [1.165, 1.54) is 6.07 Å². The summed E-state index contributed by atoms with van der Waals surface area (Å²) >= 11 is 6.11. The second kappa shape index (κ2) is 6.40. The Morgan fingerprint density at radius 2 is 2.00 bits per heavy atom. The number of rotatable bonds is 3. The molecule has 1 amide bonds. The second-order valence-electron chi connectivity index (χ2n) is 6.88. The van der Waals surface area contributed by atoms with Gasteiger partial charge in [0.25, 0.3) is 0 Å². The zero-order valence-electron chi connectivity index (χ0n) is 13.9. The van der Waals surface area contributed by atoms with Gasteiger partial charge in [0.1, 0.15) is 5.82 Å². The molecule has 1 aliphatic heterocycles. The Balaban J connectivity index is 1.51. The molecule has 2 unspecified atom stereocenters. The van der Waals surface area contributed by atoms with Gasteiger partial charge < -0.3 is 10.0 Å². The molecule has 4 rings (SSSR count). The van der Waals surface area contributed by atoms with Crippen molar-refractivity contribution in [3.63, 3.8) is 0 Å². The van der Waals surface area contributed by atoms with Crippen LogP contribution in [-0.2, 0) is 17.8 Å². The van der Waals surface area contributed by atoms with Crippen molar-refractivity contribution in [2.24, 2.45) is 5.92 Å². The van der Waals surface area contributed by atoms with Crippen molar-refractivity contribution in [2.75, 3.05) is 6.54 Å². The van der Waals surface area contributed by atoms with Crippen LogP contribution in [0.2, 0.25) is 5.02 Å². The molecule has 2 aliphatic rings. The van der Waals surface area contributed by atoms with Crippen molar-refractivity contribution in [1.29, 1.82) is 0 Å². The normalized spacial score (nSPS) is 21.2. The van der Waals surface area contributed by atoms with Gasteiger partial charge in [0.2, 0.25) is 5.91 Å². The minimum atomic E-state index is -0.979. The van der Waals surface area contributed by atoms with Crippen molar-refractivity contribution >= 4 is 23.5 Å². The van der Waals surface area contributed by atoms with Crippen LogP contribution in [0.5, 0.6) is 0 Å². The predicted molar refractivity (Wildman–Crippen MR) is 94.8 cm³/mol. The lowest BCUT2D eigenvalue weighted by atomic mass is 9.97. The highest BCUT2D eigenvalue weighted by Crippen LogP contribution is 2.51. The number of benzene rings is 2. The molecule has 2 atom stereocenters. The van der Waals surface area contributed by atoms with Gasteiger partial charge >= 0.3 is 5.97 Å². The van der Waals surface area contributed by atoms with Gasteiger partial charge in [-0.15, -0.1) is 0 Å². The molecule has 0 radical (unpaired) electrons. The summed E-state index contributed by atoms with van der Waals surface area (Å²) in [7, 11) is 0. The largest absolute Gasteiger partial charge is 0.478 e. The van der Waals surface area contributed by atoms with Crippen molar-refractivity contribution in [3.8, 4) is 0 Å². The van der Waals surface area contributed by atoms with E-state index in [1.54, 1.807) is 29.2 Å². The van der Waals surface area contributed by atoms with Crippen molar-refractivity contribution in [2.45, 2.75) is 25.3 Å². The third-order valence-electron chi connectivity index (χ3n) is 5.26. The first-order chi connectivity index (χ1) is 12.5. The maximum atomic E-state index is 14.1. The van der Waals surface area contributed by atoms with E-state index in [-0.39, 0.29) is 29.1 Å². The molecular formula is C20H17ClFNO3. The average Bonchev–Trinajstić information content (AvgIpc) is 3.40. The van der Waals surface area contributed by atoms with Gasteiger partial charge in [-0.2, -0.15) is 0 Å². The fraction of sp³-hybridized carbons (Fsp3) is 0.300.